The first-order valence-electron chi connectivity index (χ1n) is 6.67. The Balaban J connectivity index is 2.77. The van der Waals surface area contributed by atoms with Gasteiger partial charge in [0.05, 0.1) is 17.1 Å². The van der Waals surface area contributed by atoms with E-state index in [1.807, 2.05) is 6.92 Å². The Morgan fingerprint density at radius 3 is 2.32 bits per heavy atom. The SMILES string of the molecule is CCCNc1cc([N+](=O)[O-])cc(NCCC(C)C)n1. The van der Waals surface area contributed by atoms with Gasteiger partial charge in [-0.2, -0.15) is 0 Å². The quantitative estimate of drug-likeness (QED) is 0.557. The number of hydrogen-bond donors (Lipinski definition) is 2. The summed E-state index contributed by atoms with van der Waals surface area (Å²) in [6.45, 7) is 7.82. The van der Waals surface area contributed by atoms with Gasteiger partial charge in [-0.25, -0.2) is 4.98 Å². The van der Waals surface area contributed by atoms with Crippen molar-refractivity contribution in [2.24, 2.45) is 5.92 Å². The molecule has 19 heavy (non-hydrogen) atoms. The fourth-order valence-electron chi connectivity index (χ4n) is 1.54. The van der Waals surface area contributed by atoms with Gasteiger partial charge in [0.2, 0.25) is 0 Å². The van der Waals surface area contributed by atoms with Gasteiger partial charge in [0.1, 0.15) is 11.6 Å². The Bertz CT molecular complexity index is 421. The standard InChI is InChI=1S/C13H22N4O2/c1-4-6-14-12-8-11(17(18)19)9-13(16-12)15-7-5-10(2)3/h8-10H,4-7H2,1-3H3,(H2,14,15,16). The highest BCUT2D eigenvalue weighted by Gasteiger charge is 2.10. The Hall–Kier alpha value is -1.85. The van der Waals surface area contributed by atoms with Crippen molar-refractivity contribution in [1.82, 2.24) is 4.98 Å². The van der Waals surface area contributed by atoms with Crippen LogP contribution in [0.4, 0.5) is 17.3 Å². The highest BCUT2D eigenvalue weighted by atomic mass is 16.6. The summed E-state index contributed by atoms with van der Waals surface area (Å²) in [4.78, 5) is 14.8. The third kappa shape index (κ3) is 5.54. The number of nitrogens with zero attached hydrogens (tertiary/aromatic N) is 2. The molecule has 0 radical (unpaired) electrons. The topological polar surface area (TPSA) is 80.1 Å². The lowest BCUT2D eigenvalue weighted by molar-refractivity contribution is -0.384. The zero-order valence-corrected chi connectivity index (χ0v) is 11.8. The lowest BCUT2D eigenvalue weighted by Gasteiger charge is -2.10. The number of aromatic nitrogens is 1. The third-order valence-corrected chi connectivity index (χ3v) is 2.60. The fourth-order valence-corrected chi connectivity index (χ4v) is 1.54. The van der Waals surface area contributed by atoms with Crippen LogP contribution in [0.3, 0.4) is 0 Å². The summed E-state index contributed by atoms with van der Waals surface area (Å²) in [5.74, 6) is 1.68. The smallest absolute Gasteiger partial charge is 0.276 e. The fraction of sp³-hybridized carbons (Fsp3) is 0.615. The predicted octanol–water partition coefficient (Wildman–Crippen LogP) is 3.27. The van der Waals surface area contributed by atoms with Crippen LogP contribution < -0.4 is 10.6 Å². The molecule has 1 rings (SSSR count). The first-order chi connectivity index (χ1) is 9.02. The number of pyridine rings is 1. The molecule has 0 spiro atoms. The van der Waals surface area contributed by atoms with Crippen LogP contribution in [0.1, 0.15) is 33.6 Å². The average Bonchev–Trinajstić information content (AvgIpc) is 2.35. The summed E-state index contributed by atoms with van der Waals surface area (Å²) in [6, 6.07) is 2.93. The molecule has 2 N–H and O–H groups in total. The Kier molecular flexibility index (Phi) is 6.05. The summed E-state index contributed by atoms with van der Waals surface area (Å²) >= 11 is 0. The summed E-state index contributed by atoms with van der Waals surface area (Å²) in [7, 11) is 0. The first-order valence-corrected chi connectivity index (χ1v) is 6.67. The second kappa shape index (κ2) is 7.56. The van der Waals surface area contributed by atoms with E-state index in [-0.39, 0.29) is 5.69 Å². The zero-order chi connectivity index (χ0) is 14.3. The summed E-state index contributed by atoms with van der Waals surface area (Å²) < 4.78 is 0. The molecule has 106 valence electrons. The van der Waals surface area contributed by atoms with Crippen molar-refractivity contribution in [2.45, 2.75) is 33.6 Å². The maximum Gasteiger partial charge on any atom is 0.276 e. The van der Waals surface area contributed by atoms with Crippen molar-refractivity contribution < 1.29 is 4.92 Å². The van der Waals surface area contributed by atoms with Gasteiger partial charge in [-0.3, -0.25) is 10.1 Å². The van der Waals surface area contributed by atoms with Gasteiger partial charge in [-0.05, 0) is 18.8 Å². The molecule has 0 fully saturated rings. The Morgan fingerprint density at radius 1 is 1.26 bits per heavy atom. The molecule has 0 aromatic carbocycles. The maximum absolute atomic E-state index is 10.9. The van der Waals surface area contributed by atoms with E-state index >= 15 is 0 Å². The molecule has 1 aromatic rings. The van der Waals surface area contributed by atoms with E-state index < -0.39 is 4.92 Å². The normalized spacial score (nSPS) is 10.5. The van der Waals surface area contributed by atoms with Crippen molar-refractivity contribution in [3.05, 3.63) is 22.2 Å². The predicted molar refractivity (Wildman–Crippen MR) is 77.6 cm³/mol. The minimum atomic E-state index is -0.396. The monoisotopic (exact) mass is 266 g/mol. The van der Waals surface area contributed by atoms with Crippen LogP contribution >= 0.6 is 0 Å². The number of rotatable bonds is 8. The number of anilines is 2. The summed E-state index contributed by atoms with van der Waals surface area (Å²) in [5, 5.41) is 17.1. The van der Waals surface area contributed by atoms with Crippen molar-refractivity contribution in [1.29, 1.82) is 0 Å². The highest BCUT2D eigenvalue weighted by molar-refractivity contribution is 5.54. The van der Waals surface area contributed by atoms with Gasteiger partial charge in [-0.15, -0.1) is 0 Å². The molecule has 6 nitrogen and oxygen atoms in total. The molecule has 0 saturated carbocycles. The van der Waals surface area contributed by atoms with Crippen LogP contribution in [0.25, 0.3) is 0 Å². The largest absolute Gasteiger partial charge is 0.370 e. The molecule has 0 aliphatic heterocycles. The number of nitrogens with one attached hydrogen (secondary N) is 2. The van der Waals surface area contributed by atoms with Crippen molar-refractivity contribution in [3.8, 4) is 0 Å². The molecule has 0 amide bonds. The molecular weight excluding hydrogens is 244 g/mol. The van der Waals surface area contributed by atoms with E-state index in [4.69, 9.17) is 0 Å². The van der Waals surface area contributed by atoms with E-state index in [9.17, 15) is 10.1 Å². The van der Waals surface area contributed by atoms with Crippen LogP contribution in [-0.2, 0) is 0 Å². The van der Waals surface area contributed by atoms with E-state index in [0.717, 1.165) is 25.9 Å². The van der Waals surface area contributed by atoms with Gasteiger partial charge < -0.3 is 10.6 Å². The second-order valence-corrected chi connectivity index (χ2v) is 4.89. The zero-order valence-electron chi connectivity index (χ0n) is 11.8. The molecule has 1 aromatic heterocycles. The lowest BCUT2D eigenvalue weighted by atomic mass is 10.1. The highest BCUT2D eigenvalue weighted by Crippen LogP contribution is 2.20. The lowest BCUT2D eigenvalue weighted by Crippen LogP contribution is -2.09. The second-order valence-electron chi connectivity index (χ2n) is 4.89. The van der Waals surface area contributed by atoms with E-state index in [0.29, 0.717) is 17.6 Å². The first kappa shape index (κ1) is 15.2. The van der Waals surface area contributed by atoms with E-state index in [1.165, 1.54) is 12.1 Å². The van der Waals surface area contributed by atoms with Gasteiger partial charge in [0, 0.05) is 13.1 Å². The van der Waals surface area contributed by atoms with Crippen LogP contribution in [0.5, 0.6) is 0 Å². The summed E-state index contributed by atoms with van der Waals surface area (Å²) in [6.07, 6.45) is 1.95. The molecule has 0 unspecified atom stereocenters. The molecular formula is C13H22N4O2. The van der Waals surface area contributed by atoms with Gasteiger partial charge in [0.15, 0.2) is 0 Å². The molecule has 0 saturated heterocycles. The van der Waals surface area contributed by atoms with Gasteiger partial charge in [0.25, 0.3) is 5.69 Å². The molecule has 0 aliphatic carbocycles. The number of nitro groups is 1. The van der Waals surface area contributed by atoms with Crippen LogP contribution in [0, 0.1) is 16.0 Å². The molecule has 0 bridgehead atoms. The molecule has 0 aliphatic rings. The van der Waals surface area contributed by atoms with Gasteiger partial charge in [-0.1, -0.05) is 20.8 Å². The van der Waals surface area contributed by atoms with Crippen LogP contribution in [0.15, 0.2) is 12.1 Å². The maximum atomic E-state index is 10.9. The van der Waals surface area contributed by atoms with Crippen molar-refractivity contribution in [2.75, 3.05) is 23.7 Å². The third-order valence-electron chi connectivity index (χ3n) is 2.60. The molecule has 0 atom stereocenters. The molecule has 1 heterocycles. The average molecular weight is 266 g/mol. The molecule has 6 heteroatoms. The van der Waals surface area contributed by atoms with E-state index in [1.54, 1.807) is 0 Å². The van der Waals surface area contributed by atoms with Crippen molar-refractivity contribution in [3.63, 3.8) is 0 Å². The minimum absolute atomic E-state index is 0.0562. The van der Waals surface area contributed by atoms with Gasteiger partial charge >= 0.3 is 0 Å². The minimum Gasteiger partial charge on any atom is -0.370 e. The summed E-state index contributed by atoms with van der Waals surface area (Å²) in [5.41, 5.74) is 0.0562. The van der Waals surface area contributed by atoms with Crippen molar-refractivity contribution >= 4 is 17.3 Å². The van der Waals surface area contributed by atoms with E-state index in [2.05, 4.69) is 29.5 Å². The van der Waals surface area contributed by atoms with Crippen LogP contribution in [0.2, 0.25) is 0 Å². The Morgan fingerprint density at radius 2 is 1.84 bits per heavy atom. The Labute approximate surface area is 113 Å². The number of hydrogen-bond acceptors (Lipinski definition) is 5. The van der Waals surface area contributed by atoms with Crippen LogP contribution in [-0.4, -0.2) is 23.0 Å².